The average Bonchev–Trinajstić information content (AvgIpc) is 2.42. The van der Waals surface area contributed by atoms with Crippen molar-refractivity contribution in [3.8, 4) is 0 Å². The van der Waals surface area contributed by atoms with Crippen LogP contribution in [0.25, 0.3) is 0 Å². The molecule has 122 valence electrons. The summed E-state index contributed by atoms with van der Waals surface area (Å²) in [7, 11) is 0. The van der Waals surface area contributed by atoms with Crippen LogP contribution in [0.4, 0.5) is 0 Å². The van der Waals surface area contributed by atoms with Crippen LogP contribution in [0.1, 0.15) is 52.4 Å². The van der Waals surface area contributed by atoms with E-state index in [4.69, 9.17) is 5.11 Å². The van der Waals surface area contributed by atoms with E-state index in [9.17, 15) is 9.59 Å². The van der Waals surface area contributed by atoms with Gasteiger partial charge in [0.1, 0.15) is 0 Å². The first kappa shape index (κ1) is 18.0. The topological polar surface area (TPSA) is 78.4 Å². The number of carbonyl (C=O) groups excluding carboxylic acids is 1. The molecule has 1 heterocycles. The molecular weight excluding hydrogens is 268 g/mol. The van der Waals surface area contributed by atoms with Gasteiger partial charge in [-0.25, -0.2) is 0 Å². The van der Waals surface area contributed by atoms with Gasteiger partial charge in [0.25, 0.3) is 0 Å². The number of nitrogens with one attached hydrogen (secondary N) is 2. The van der Waals surface area contributed by atoms with Gasteiger partial charge in [-0.1, -0.05) is 13.8 Å². The summed E-state index contributed by atoms with van der Waals surface area (Å²) >= 11 is 0. The van der Waals surface area contributed by atoms with Gasteiger partial charge in [0.15, 0.2) is 0 Å². The molecule has 0 spiro atoms. The number of carboxylic acids is 1. The molecule has 0 unspecified atom stereocenters. The third-order valence-corrected chi connectivity index (χ3v) is 4.09. The predicted molar refractivity (Wildman–Crippen MR) is 83.0 cm³/mol. The minimum Gasteiger partial charge on any atom is -0.481 e. The molecule has 0 saturated carbocycles. The van der Waals surface area contributed by atoms with Crippen LogP contribution in [-0.2, 0) is 9.59 Å². The maximum atomic E-state index is 11.9. The molecule has 1 rings (SSSR count). The zero-order valence-corrected chi connectivity index (χ0v) is 13.4. The van der Waals surface area contributed by atoms with Crippen molar-refractivity contribution in [3.63, 3.8) is 0 Å². The van der Waals surface area contributed by atoms with Crippen LogP contribution >= 0.6 is 0 Å². The fourth-order valence-corrected chi connectivity index (χ4v) is 3.00. The summed E-state index contributed by atoms with van der Waals surface area (Å²) in [6.45, 7) is 6.75. The highest BCUT2D eigenvalue weighted by molar-refractivity contribution is 5.76. The first-order valence-electron chi connectivity index (χ1n) is 8.16. The van der Waals surface area contributed by atoms with E-state index in [2.05, 4.69) is 24.5 Å². The van der Waals surface area contributed by atoms with Gasteiger partial charge in [0, 0.05) is 19.4 Å². The van der Waals surface area contributed by atoms with Crippen LogP contribution in [0, 0.1) is 17.8 Å². The second-order valence-electron chi connectivity index (χ2n) is 6.63. The van der Waals surface area contributed by atoms with Crippen LogP contribution in [0.2, 0.25) is 0 Å². The Bertz CT molecular complexity index is 325. The van der Waals surface area contributed by atoms with Crippen molar-refractivity contribution >= 4 is 11.9 Å². The van der Waals surface area contributed by atoms with E-state index in [1.165, 1.54) is 0 Å². The van der Waals surface area contributed by atoms with E-state index < -0.39 is 5.97 Å². The van der Waals surface area contributed by atoms with Crippen molar-refractivity contribution < 1.29 is 14.7 Å². The smallest absolute Gasteiger partial charge is 0.303 e. The van der Waals surface area contributed by atoms with E-state index in [-0.39, 0.29) is 18.2 Å². The van der Waals surface area contributed by atoms with Crippen LogP contribution in [-0.4, -0.2) is 36.6 Å². The number of carboxylic acid groups (broad SMARTS) is 1. The summed E-state index contributed by atoms with van der Waals surface area (Å²) in [5.74, 6) is 0.408. The van der Waals surface area contributed by atoms with Crippen LogP contribution in [0.3, 0.4) is 0 Å². The third-order valence-electron chi connectivity index (χ3n) is 4.09. The highest BCUT2D eigenvalue weighted by atomic mass is 16.4. The zero-order valence-electron chi connectivity index (χ0n) is 13.4. The largest absolute Gasteiger partial charge is 0.481 e. The second-order valence-corrected chi connectivity index (χ2v) is 6.63. The number of rotatable bonds is 9. The number of carbonyl (C=O) groups is 2. The molecule has 1 atom stereocenters. The van der Waals surface area contributed by atoms with Gasteiger partial charge in [-0.05, 0) is 56.5 Å². The maximum absolute atomic E-state index is 11.9. The Balaban J connectivity index is 2.23. The maximum Gasteiger partial charge on any atom is 0.303 e. The van der Waals surface area contributed by atoms with Crippen LogP contribution < -0.4 is 10.6 Å². The Morgan fingerprint density at radius 1 is 1.29 bits per heavy atom. The Morgan fingerprint density at radius 2 is 1.95 bits per heavy atom. The summed E-state index contributed by atoms with van der Waals surface area (Å²) in [5, 5.41) is 15.2. The monoisotopic (exact) mass is 298 g/mol. The lowest BCUT2D eigenvalue weighted by Gasteiger charge is -2.22. The Kier molecular flexibility index (Phi) is 8.35. The summed E-state index contributed by atoms with van der Waals surface area (Å²) in [5.41, 5.74) is 0. The minimum atomic E-state index is -0.787. The minimum absolute atomic E-state index is 0.0327. The normalized spacial score (nSPS) is 17.7. The molecule has 5 nitrogen and oxygen atoms in total. The van der Waals surface area contributed by atoms with Crippen molar-refractivity contribution in [1.82, 2.24) is 10.6 Å². The van der Waals surface area contributed by atoms with Gasteiger partial charge in [-0.15, -0.1) is 0 Å². The van der Waals surface area contributed by atoms with Gasteiger partial charge < -0.3 is 15.7 Å². The van der Waals surface area contributed by atoms with Crippen molar-refractivity contribution in [3.05, 3.63) is 0 Å². The molecule has 3 N–H and O–H groups in total. The summed E-state index contributed by atoms with van der Waals surface area (Å²) in [6.07, 6.45) is 4.78. The van der Waals surface area contributed by atoms with Gasteiger partial charge in [-0.2, -0.15) is 0 Å². The lowest BCUT2D eigenvalue weighted by Crippen LogP contribution is -2.32. The number of amides is 1. The van der Waals surface area contributed by atoms with Crippen molar-refractivity contribution in [1.29, 1.82) is 0 Å². The van der Waals surface area contributed by atoms with Crippen molar-refractivity contribution in [2.45, 2.75) is 52.4 Å². The number of hydrogen-bond donors (Lipinski definition) is 3. The number of aliphatic carboxylic acids is 1. The molecule has 0 radical (unpaired) electrons. The quantitative estimate of drug-likeness (QED) is 0.608. The molecule has 1 aliphatic heterocycles. The van der Waals surface area contributed by atoms with Gasteiger partial charge >= 0.3 is 5.97 Å². The summed E-state index contributed by atoms with van der Waals surface area (Å²) in [4.78, 5) is 22.7. The summed E-state index contributed by atoms with van der Waals surface area (Å²) < 4.78 is 0. The second kappa shape index (κ2) is 9.77. The van der Waals surface area contributed by atoms with E-state index >= 15 is 0 Å². The van der Waals surface area contributed by atoms with E-state index in [0.29, 0.717) is 24.8 Å². The first-order valence-corrected chi connectivity index (χ1v) is 8.16. The highest BCUT2D eigenvalue weighted by Gasteiger charge is 2.17. The molecule has 0 bridgehead atoms. The molecule has 0 aromatic heterocycles. The standard InChI is InChI=1S/C16H30N2O3/c1-12(2)9-14(10-16(20)21)11-18-15(19)4-3-13-5-7-17-8-6-13/h12-14,17H,3-11H2,1-2H3,(H,18,19)(H,20,21)/t14-/m0/s1. The van der Waals surface area contributed by atoms with E-state index in [1.54, 1.807) is 0 Å². The van der Waals surface area contributed by atoms with Crippen LogP contribution in [0.15, 0.2) is 0 Å². The molecule has 5 heteroatoms. The molecule has 0 aliphatic carbocycles. The van der Waals surface area contributed by atoms with E-state index in [1.807, 2.05) is 0 Å². The molecule has 1 amide bonds. The Labute approximate surface area is 127 Å². The van der Waals surface area contributed by atoms with Crippen LogP contribution in [0.5, 0.6) is 0 Å². The third kappa shape index (κ3) is 8.71. The summed E-state index contributed by atoms with van der Waals surface area (Å²) in [6, 6.07) is 0. The van der Waals surface area contributed by atoms with E-state index in [0.717, 1.165) is 38.8 Å². The molecule has 1 fully saturated rings. The lowest BCUT2D eigenvalue weighted by atomic mass is 9.92. The van der Waals surface area contributed by atoms with Gasteiger partial charge in [0.05, 0.1) is 0 Å². The Morgan fingerprint density at radius 3 is 2.52 bits per heavy atom. The number of piperidine rings is 1. The average molecular weight is 298 g/mol. The lowest BCUT2D eigenvalue weighted by molar-refractivity contribution is -0.138. The number of hydrogen-bond acceptors (Lipinski definition) is 3. The molecule has 21 heavy (non-hydrogen) atoms. The fourth-order valence-electron chi connectivity index (χ4n) is 3.00. The molecule has 0 aromatic carbocycles. The SMILES string of the molecule is CC(C)C[C@H](CNC(=O)CCC1CCNCC1)CC(=O)O. The molecule has 1 saturated heterocycles. The first-order chi connectivity index (χ1) is 9.97. The van der Waals surface area contributed by atoms with Gasteiger partial charge in [-0.3, -0.25) is 9.59 Å². The fraction of sp³-hybridized carbons (Fsp3) is 0.875. The molecule has 1 aliphatic rings. The Hall–Kier alpha value is -1.10. The van der Waals surface area contributed by atoms with Crippen molar-refractivity contribution in [2.24, 2.45) is 17.8 Å². The highest BCUT2D eigenvalue weighted by Crippen LogP contribution is 2.18. The molecular formula is C16H30N2O3. The van der Waals surface area contributed by atoms with Gasteiger partial charge in [0.2, 0.25) is 5.91 Å². The predicted octanol–water partition coefficient (Wildman–Crippen LogP) is 2.02. The van der Waals surface area contributed by atoms with Crippen molar-refractivity contribution in [2.75, 3.05) is 19.6 Å². The molecule has 0 aromatic rings. The zero-order chi connectivity index (χ0) is 15.7.